The molecule has 1 N–H and O–H groups in total. The van der Waals surface area contributed by atoms with Crippen LogP contribution in [0, 0.1) is 6.92 Å². The van der Waals surface area contributed by atoms with Crippen molar-refractivity contribution in [3.05, 3.63) is 112 Å². The van der Waals surface area contributed by atoms with E-state index in [2.05, 4.69) is 15.9 Å². The third kappa shape index (κ3) is 3.33. The highest BCUT2D eigenvalue weighted by atomic mass is 79.9. The summed E-state index contributed by atoms with van der Waals surface area (Å²) >= 11 is 3.41. The second kappa shape index (κ2) is 7.80. The fraction of sp³-hybridized carbons (Fsp3) is 0.0769. The number of hydrogen-bond acceptors (Lipinski definition) is 4. The van der Waals surface area contributed by atoms with Gasteiger partial charge in [-0.25, -0.2) is 0 Å². The molecule has 5 nitrogen and oxygen atoms in total. The molecular weight excluding hydrogens is 470 g/mol. The number of hydrogen-bond donors (Lipinski definition) is 1. The standard InChI is InChI=1S/C26H18BrNO4/c1-15-7-10-19(11-8-15)28-23(16-5-3-2-4-6-16)22(25(30)26(28)31)24(29)21-14-17-13-18(27)9-12-20(17)32-21/h2-14,23,30H,1H3. The number of anilines is 1. The maximum atomic E-state index is 13.6. The second-order valence-electron chi connectivity index (χ2n) is 7.71. The molecule has 0 bridgehead atoms. The van der Waals surface area contributed by atoms with Gasteiger partial charge >= 0.3 is 0 Å². The third-order valence-corrected chi connectivity index (χ3v) is 6.08. The number of benzene rings is 3. The Bertz CT molecular complexity index is 1390. The van der Waals surface area contributed by atoms with Gasteiger partial charge in [-0.05, 0) is 48.9 Å². The van der Waals surface area contributed by atoms with Crippen LogP contribution >= 0.6 is 15.9 Å². The van der Waals surface area contributed by atoms with Crippen molar-refractivity contribution in [2.75, 3.05) is 4.90 Å². The lowest BCUT2D eigenvalue weighted by Gasteiger charge is -2.26. The Kier molecular flexibility index (Phi) is 4.94. The monoisotopic (exact) mass is 487 g/mol. The van der Waals surface area contributed by atoms with Crippen LogP contribution in [-0.4, -0.2) is 16.8 Å². The number of carbonyl (C=O) groups excluding carboxylic acids is 2. The topological polar surface area (TPSA) is 70.8 Å². The first-order valence-corrected chi connectivity index (χ1v) is 10.9. The van der Waals surface area contributed by atoms with Crippen LogP contribution in [0.4, 0.5) is 5.69 Å². The minimum Gasteiger partial charge on any atom is -0.503 e. The van der Waals surface area contributed by atoms with E-state index < -0.39 is 23.5 Å². The first kappa shape index (κ1) is 20.3. The van der Waals surface area contributed by atoms with E-state index in [1.807, 2.05) is 73.7 Å². The number of aryl methyl sites for hydroxylation is 1. The number of aliphatic hydroxyl groups is 1. The van der Waals surface area contributed by atoms with Gasteiger partial charge in [-0.3, -0.25) is 14.5 Å². The first-order chi connectivity index (χ1) is 15.4. The van der Waals surface area contributed by atoms with E-state index in [0.717, 1.165) is 15.4 Å². The Hall–Kier alpha value is -3.64. The van der Waals surface area contributed by atoms with E-state index >= 15 is 0 Å². The lowest BCUT2D eigenvalue weighted by molar-refractivity contribution is -0.117. The zero-order valence-corrected chi connectivity index (χ0v) is 18.7. The third-order valence-electron chi connectivity index (χ3n) is 5.58. The molecule has 158 valence electrons. The zero-order valence-electron chi connectivity index (χ0n) is 17.1. The summed E-state index contributed by atoms with van der Waals surface area (Å²) in [6, 6.07) is 22.9. The molecule has 32 heavy (non-hydrogen) atoms. The van der Waals surface area contributed by atoms with E-state index in [4.69, 9.17) is 4.42 Å². The van der Waals surface area contributed by atoms with Gasteiger partial charge in [0.1, 0.15) is 5.58 Å². The fourth-order valence-corrected chi connectivity index (χ4v) is 4.40. The van der Waals surface area contributed by atoms with E-state index in [1.54, 1.807) is 12.1 Å². The Balaban J connectivity index is 1.65. The number of Topliss-reactive ketones (excluding diaryl/α,β-unsaturated/α-hetero) is 1. The van der Waals surface area contributed by atoms with Crippen LogP contribution in [0.3, 0.4) is 0 Å². The molecule has 0 spiro atoms. The van der Waals surface area contributed by atoms with E-state index in [-0.39, 0.29) is 11.3 Å². The molecule has 1 unspecified atom stereocenters. The van der Waals surface area contributed by atoms with Gasteiger partial charge < -0.3 is 9.52 Å². The molecule has 5 rings (SSSR count). The summed E-state index contributed by atoms with van der Waals surface area (Å²) in [5.74, 6) is -1.64. The highest BCUT2D eigenvalue weighted by Gasteiger charge is 2.45. The Morgan fingerprint density at radius 3 is 2.44 bits per heavy atom. The number of halogens is 1. The lowest BCUT2D eigenvalue weighted by atomic mass is 9.94. The number of rotatable bonds is 4. The highest BCUT2D eigenvalue weighted by Crippen LogP contribution is 2.42. The second-order valence-corrected chi connectivity index (χ2v) is 8.62. The average molecular weight is 488 g/mol. The van der Waals surface area contributed by atoms with Crippen LogP contribution in [0.2, 0.25) is 0 Å². The fourth-order valence-electron chi connectivity index (χ4n) is 4.02. The largest absolute Gasteiger partial charge is 0.503 e. The van der Waals surface area contributed by atoms with Gasteiger partial charge in [0, 0.05) is 15.5 Å². The summed E-state index contributed by atoms with van der Waals surface area (Å²) in [6.07, 6.45) is 0. The first-order valence-electron chi connectivity index (χ1n) is 10.1. The molecule has 0 aliphatic carbocycles. The SMILES string of the molecule is Cc1ccc(N2C(=O)C(O)=C(C(=O)c3cc4cc(Br)ccc4o3)C2c2ccccc2)cc1. The molecule has 4 aromatic rings. The molecule has 1 aliphatic rings. The minimum atomic E-state index is -0.779. The van der Waals surface area contributed by atoms with Gasteiger partial charge in [0.2, 0.25) is 5.78 Å². The van der Waals surface area contributed by atoms with Gasteiger partial charge in [0.05, 0.1) is 11.6 Å². The van der Waals surface area contributed by atoms with Crippen molar-refractivity contribution in [1.82, 2.24) is 0 Å². The quantitative estimate of drug-likeness (QED) is 0.343. The molecule has 3 aromatic carbocycles. The van der Waals surface area contributed by atoms with E-state index in [9.17, 15) is 14.7 Å². The molecule has 1 atom stereocenters. The van der Waals surface area contributed by atoms with Crippen LogP contribution in [0.15, 0.2) is 99.1 Å². The van der Waals surface area contributed by atoms with Crippen LogP contribution in [-0.2, 0) is 4.79 Å². The summed E-state index contributed by atoms with van der Waals surface area (Å²) < 4.78 is 6.63. The Morgan fingerprint density at radius 2 is 1.72 bits per heavy atom. The number of nitrogens with zero attached hydrogens (tertiary/aromatic N) is 1. The van der Waals surface area contributed by atoms with Crippen LogP contribution in [0.1, 0.15) is 27.7 Å². The molecule has 1 aliphatic heterocycles. The molecule has 1 amide bonds. The minimum absolute atomic E-state index is 0.0000955. The molecule has 0 radical (unpaired) electrons. The molecule has 0 fully saturated rings. The van der Waals surface area contributed by atoms with Gasteiger partial charge in [-0.1, -0.05) is 64.0 Å². The molecule has 0 saturated heterocycles. The van der Waals surface area contributed by atoms with Gasteiger partial charge in [-0.2, -0.15) is 0 Å². The summed E-state index contributed by atoms with van der Waals surface area (Å²) in [4.78, 5) is 28.2. The number of fused-ring (bicyclic) bond motifs is 1. The summed E-state index contributed by atoms with van der Waals surface area (Å²) in [6.45, 7) is 1.95. The van der Waals surface area contributed by atoms with E-state index in [1.165, 1.54) is 4.90 Å². The van der Waals surface area contributed by atoms with Crippen molar-refractivity contribution >= 4 is 44.3 Å². The number of furan rings is 1. The van der Waals surface area contributed by atoms with Gasteiger partial charge in [0.15, 0.2) is 11.5 Å². The van der Waals surface area contributed by atoms with Gasteiger partial charge in [0.25, 0.3) is 5.91 Å². The Labute approximate surface area is 192 Å². The van der Waals surface area contributed by atoms with E-state index in [0.29, 0.717) is 16.8 Å². The summed E-state index contributed by atoms with van der Waals surface area (Å²) in [5, 5.41) is 11.6. The molecule has 6 heteroatoms. The molecule has 1 aromatic heterocycles. The molecule has 2 heterocycles. The molecule has 0 saturated carbocycles. The normalized spacial score (nSPS) is 16.2. The smallest absolute Gasteiger partial charge is 0.294 e. The van der Waals surface area contributed by atoms with Crippen molar-refractivity contribution in [2.24, 2.45) is 0 Å². The number of aliphatic hydroxyl groups excluding tert-OH is 1. The predicted octanol–water partition coefficient (Wildman–Crippen LogP) is 6.29. The van der Waals surface area contributed by atoms with Crippen LogP contribution in [0.25, 0.3) is 11.0 Å². The lowest BCUT2D eigenvalue weighted by Crippen LogP contribution is -2.31. The summed E-state index contributed by atoms with van der Waals surface area (Å²) in [5.41, 5.74) is 2.90. The van der Waals surface area contributed by atoms with Crippen molar-refractivity contribution in [1.29, 1.82) is 0 Å². The van der Waals surface area contributed by atoms with Gasteiger partial charge in [-0.15, -0.1) is 0 Å². The van der Waals surface area contributed by atoms with Crippen molar-refractivity contribution in [3.63, 3.8) is 0 Å². The van der Waals surface area contributed by atoms with Crippen LogP contribution in [0.5, 0.6) is 0 Å². The number of ketones is 1. The highest BCUT2D eigenvalue weighted by molar-refractivity contribution is 9.10. The zero-order chi connectivity index (χ0) is 22.4. The predicted molar refractivity (Wildman–Crippen MR) is 126 cm³/mol. The average Bonchev–Trinajstić information content (AvgIpc) is 3.33. The molecular formula is C26H18BrNO4. The van der Waals surface area contributed by atoms with Crippen molar-refractivity contribution in [2.45, 2.75) is 13.0 Å². The van der Waals surface area contributed by atoms with Crippen molar-refractivity contribution in [3.8, 4) is 0 Å². The summed E-state index contributed by atoms with van der Waals surface area (Å²) in [7, 11) is 0. The maximum absolute atomic E-state index is 13.6. The number of carbonyl (C=O) groups is 2. The van der Waals surface area contributed by atoms with Crippen LogP contribution < -0.4 is 4.90 Å². The van der Waals surface area contributed by atoms with Crippen molar-refractivity contribution < 1.29 is 19.1 Å². The maximum Gasteiger partial charge on any atom is 0.294 e. The number of amides is 1. The Morgan fingerprint density at radius 1 is 1.00 bits per heavy atom.